The van der Waals surface area contributed by atoms with Crippen LogP contribution < -0.4 is 11.1 Å². The molecular weight excluding hydrogens is 216 g/mol. The van der Waals surface area contributed by atoms with E-state index in [0.29, 0.717) is 12.0 Å². The van der Waals surface area contributed by atoms with Gasteiger partial charge in [-0.05, 0) is 32.4 Å². The lowest BCUT2D eigenvalue weighted by molar-refractivity contribution is 0.174. The normalized spacial score (nSPS) is 29.1. The van der Waals surface area contributed by atoms with Crippen molar-refractivity contribution in [2.24, 2.45) is 11.7 Å². The Morgan fingerprint density at radius 1 is 1.53 bits per heavy atom. The van der Waals surface area contributed by atoms with Gasteiger partial charge in [0, 0.05) is 32.2 Å². The van der Waals surface area contributed by atoms with Gasteiger partial charge in [0.25, 0.3) is 0 Å². The van der Waals surface area contributed by atoms with Gasteiger partial charge in [0.05, 0.1) is 0 Å². The molecule has 2 fully saturated rings. The maximum absolute atomic E-state index is 11.4. The summed E-state index contributed by atoms with van der Waals surface area (Å²) in [5.74, 6) is 0.646. The van der Waals surface area contributed by atoms with Crippen molar-refractivity contribution in [3.8, 4) is 0 Å². The summed E-state index contributed by atoms with van der Waals surface area (Å²) >= 11 is 0. The molecule has 0 bridgehead atoms. The van der Waals surface area contributed by atoms with Gasteiger partial charge < -0.3 is 20.9 Å². The molecule has 98 valence electrons. The molecule has 1 saturated heterocycles. The van der Waals surface area contributed by atoms with E-state index in [1.54, 1.807) is 0 Å². The number of nitrogens with zero attached hydrogens (tertiary/aromatic N) is 2. The van der Waals surface area contributed by atoms with Crippen LogP contribution in [-0.2, 0) is 0 Å². The number of hydrogen-bond acceptors (Lipinski definition) is 3. The van der Waals surface area contributed by atoms with Crippen molar-refractivity contribution in [1.29, 1.82) is 0 Å². The van der Waals surface area contributed by atoms with Crippen LogP contribution in [0.15, 0.2) is 0 Å². The summed E-state index contributed by atoms with van der Waals surface area (Å²) in [4.78, 5) is 15.7. The first-order chi connectivity index (χ1) is 8.22. The summed E-state index contributed by atoms with van der Waals surface area (Å²) in [5.41, 5.74) is 5.80. The second-order valence-electron chi connectivity index (χ2n) is 5.19. The van der Waals surface area contributed by atoms with E-state index in [1.807, 2.05) is 4.90 Å². The summed E-state index contributed by atoms with van der Waals surface area (Å²) in [6, 6.07) is 0.700. The van der Waals surface area contributed by atoms with Crippen LogP contribution in [0.5, 0.6) is 0 Å². The van der Waals surface area contributed by atoms with E-state index in [1.165, 1.54) is 19.3 Å². The topological polar surface area (TPSA) is 61.6 Å². The van der Waals surface area contributed by atoms with E-state index in [4.69, 9.17) is 5.73 Å². The minimum Gasteiger partial charge on any atom is -0.336 e. The highest BCUT2D eigenvalue weighted by molar-refractivity contribution is 5.76. The first-order valence-electron chi connectivity index (χ1n) is 6.65. The van der Waals surface area contributed by atoms with E-state index in [0.717, 1.165) is 32.7 Å². The van der Waals surface area contributed by atoms with Gasteiger partial charge in [-0.3, -0.25) is 0 Å². The van der Waals surface area contributed by atoms with Crippen LogP contribution >= 0.6 is 0 Å². The molecule has 3 N–H and O–H groups in total. The fourth-order valence-corrected chi connectivity index (χ4v) is 3.04. The number of amides is 2. The number of nitrogens with two attached hydrogens (primary N) is 1. The van der Waals surface area contributed by atoms with Gasteiger partial charge in [0.15, 0.2) is 0 Å². The van der Waals surface area contributed by atoms with Gasteiger partial charge in [-0.25, -0.2) is 4.79 Å². The van der Waals surface area contributed by atoms with Gasteiger partial charge in [0.1, 0.15) is 0 Å². The van der Waals surface area contributed by atoms with Gasteiger partial charge in [-0.1, -0.05) is 6.42 Å². The van der Waals surface area contributed by atoms with Crippen molar-refractivity contribution in [3.05, 3.63) is 0 Å². The van der Waals surface area contributed by atoms with Crippen molar-refractivity contribution in [1.82, 2.24) is 15.1 Å². The Kier molecular flexibility index (Phi) is 4.23. The number of hydrogen-bond donors (Lipinski definition) is 2. The summed E-state index contributed by atoms with van der Waals surface area (Å²) in [6.07, 6.45) is 3.81. The molecule has 0 aromatic carbocycles. The van der Waals surface area contributed by atoms with Gasteiger partial charge in [0.2, 0.25) is 0 Å². The lowest BCUT2D eigenvalue weighted by Crippen LogP contribution is -2.42. The minimum atomic E-state index is 0.0835. The van der Waals surface area contributed by atoms with Gasteiger partial charge in [-0.2, -0.15) is 0 Å². The predicted molar refractivity (Wildman–Crippen MR) is 67.8 cm³/mol. The van der Waals surface area contributed by atoms with Gasteiger partial charge >= 0.3 is 6.03 Å². The summed E-state index contributed by atoms with van der Waals surface area (Å²) in [5, 5.41) is 2.83. The van der Waals surface area contributed by atoms with Crippen LogP contribution in [0.3, 0.4) is 0 Å². The standard InChI is InChI=1S/C12H24N4O/c1-15(11-4-2-3-10(11)9-13)7-8-16-6-5-14-12(16)17/h10-11H,2-9,13H2,1H3,(H,14,17). The zero-order valence-corrected chi connectivity index (χ0v) is 10.7. The largest absolute Gasteiger partial charge is 0.336 e. The average Bonchev–Trinajstić information content (AvgIpc) is 2.94. The maximum Gasteiger partial charge on any atom is 0.317 e. The highest BCUT2D eigenvalue weighted by Gasteiger charge is 2.29. The van der Waals surface area contributed by atoms with Gasteiger partial charge in [-0.15, -0.1) is 0 Å². The summed E-state index contributed by atoms with van der Waals surface area (Å²) in [7, 11) is 2.16. The molecule has 1 heterocycles. The van der Waals surface area contributed by atoms with Crippen molar-refractivity contribution in [3.63, 3.8) is 0 Å². The van der Waals surface area contributed by atoms with Crippen LogP contribution in [0, 0.1) is 5.92 Å². The number of urea groups is 1. The molecule has 2 rings (SSSR count). The van der Waals surface area contributed by atoms with Crippen molar-refractivity contribution in [2.45, 2.75) is 25.3 Å². The van der Waals surface area contributed by atoms with Crippen molar-refractivity contribution < 1.29 is 4.79 Å². The highest BCUT2D eigenvalue weighted by Crippen LogP contribution is 2.28. The quantitative estimate of drug-likeness (QED) is 0.715. The van der Waals surface area contributed by atoms with E-state index in [-0.39, 0.29) is 6.03 Å². The molecular formula is C12H24N4O. The van der Waals surface area contributed by atoms with Crippen LogP contribution in [0.25, 0.3) is 0 Å². The number of carbonyl (C=O) groups excluding carboxylic acids is 1. The SMILES string of the molecule is CN(CCN1CCNC1=O)C1CCCC1CN. The van der Waals surface area contributed by atoms with E-state index in [9.17, 15) is 4.79 Å². The first kappa shape index (κ1) is 12.6. The third-order valence-corrected chi connectivity index (χ3v) is 4.16. The van der Waals surface area contributed by atoms with Crippen LogP contribution in [0.4, 0.5) is 4.79 Å². The Morgan fingerprint density at radius 3 is 3.00 bits per heavy atom. The Hall–Kier alpha value is -0.810. The molecule has 0 aromatic rings. The summed E-state index contributed by atoms with van der Waals surface area (Å²) in [6.45, 7) is 4.21. The zero-order chi connectivity index (χ0) is 12.3. The number of carbonyl (C=O) groups is 1. The smallest absolute Gasteiger partial charge is 0.317 e. The van der Waals surface area contributed by atoms with E-state index >= 15 is 0 Å². The van der Waals surface area contributed by atoms with Crippen molar-refractivity contribution >= 4 is 6.03 Å². The number of nitrogens with one attached hydrogen (secondary N) is 1. The minimum absolute atomic E-state index is 0.0835. The second kappa shape index (κ2) is 5.69. The fourth-order valence-electron chi connectivity index (χ4n) is 3.04. The molecule has 0 spiro atoms. The van der Waals surface area contributed by atoms with E-state index in [2.05, 4.69) is 17.3 Å². The second-order valence-corrected chi connectivity index (χ2v) is 5.19. The Morgan fingerprint density at radius 2 is 2.35 bits per heavy atom. The van der Waals surface area contributed by atoms with Crippen LogP contribution in [0.2, 0.25) is 0 Å². The number of likely N-dealkylation sites (N-methyl/N-ethyl adjacent to an activating group) is 1. The average molecular weight is 240 g/mol. The Bertz CT molecular complexity index is 271. The molecule has 5 heteroatoms. The Balaban J connectivity index is 1.76. The lowest BCUT2D eigenvalue weighted by atomic mass is 10.0. The highest BCUT2D eigenvalue weighted by atomic mass is 16.2. The predicted octanol–water partition coefficient (Wildman–Crippen LogP) is 0.0708. The summed E-state index contributed by atoms with van der Waals surface area (Å²) < 4.78 is 0. The molecule has 1 aliphatic heterocycles. The number of rotatable bonds is 5. The van der Waals surface area contributed by atoms with Crippen LogP contribution in [0.1, 0.15) is 19.3 Å². The third kappa shape index (κ3) is 2.90. The van der Waals surface area contributed by atoms with E-state index < -0.39 is 0 Å². The molecule has 5 nitrogen and oxygen atoms in total. The molecule has 2 unspecified atom stereocenters. The van der Waals surface area contributed by atoms with Crippen LogP contribution in [-0.4, -0.2) is 61.6 Å². The molecule has 2 amide bonds. The Labute approximate surface area is 103 Å². The molecule has 1 aliphatic carbocycles. The molecule has 0 radical (unpaired) electrons. The first-order valence-corrected chi connectivity index (χ1v) is 6.65. The molecule has 2 aliphatic rings. The third-order valence-electron chi connectivity index (χ3n) is 4.16. The monoisotopic (exact) mass is 240 g/mol. The molecule has 17 heavy (non-hydrogen) atoms. The fraction of sp³-hybridized carbons (Fsp3) is 0.917. The zero-order valence-electron chi connectivity index (χ0n) is 10.7. The van der Waals surface area contributed by atoms with Crippen molar-refractivity contribution in [2.75, 3.05) is 39.8 Å². The lowest BCUT2D eigenvalue weighted by Gasteiger charge is -2.30. The maximum atomic E-state index is 11.4. The molecule has 1 saturated carbocycles. The molecule has 0 aromatic heterocycles. The molecule has 2 atom stereocenters.